The summed E-state index contributed by atoms with van der Waals surface area (Å²) in [5, 5.41) is 10.3. The van der Waals surface area contributed by atoms with Crippen molar-refractivity contribution in [3.05, 3.63) is 29.8 Å². The van der Waals surface area contributed by atoms with Crippen LogP contribution in [0, 0.1) is 5.92 Å². The molecule has 106 valence electrons. The van der Waals surface area contributed by atoms with Crippen LogP contribution < -0.4 is 4.74 Å². The van der Waals surface area contributed by atoms with E-state index in [4.69, 9.17) is 9.47 Å². The van der Waals surface area contributed by atoms with Crippen LogP contribution in [0.25, 0.3) is 0 Å². The lowest BCUT2D eigenvalue weighted by Gasteiger charge is -2.23. The maximum absolute atomic E-state index is 10.3. The third-order valence-corrected chi connectivity index (χ3v) is 3.56. The smallest absolute Gasteiger partial charge is 0.119 e. The minimum atomic E-state index is -0.484. The maximum atomic E-state index is 10.3. The first-order valence-corrected chi connectivity index (χ1v) is 6.77. The van der Waals surface area contributed by atoms with E-state index in [2.05, 4.69) is 4.90 Å². The van der Waals surface area contributed by atoms with Crippen LogP contribution in [0.4, 0.5) is 0 Å². The quantitative estimate of drug-likeness (QED) is 0.850. The lowest BCUT2D eigenvalue weighted by Crippen LogP contribution is -2.30. The molecular weight excluding hydrogens is 242 g/mol. The Morgan fingerprint density at radius 3 is 3.05 bits per heavy atom. The summed E-state index contributed by atoms with van der Waals surface area (Å²) in [6.07, 6.45) is 0.641. The SMILES string of the molecule is COc1cccc(C(O)CN(C)CC2CCOC2)c1. The highest BCUT2D eigenvalue weighted by Gasteiger charge is 2.19. The zero-order chi connectivity index (χ0) is 13.7. The van der Waals surface area contributed by atoms with Gasteiger partial charge in [-0.15, -0.1) is 0 Å². The van der Waals surface area contributed by atoms with Crippen LogP contribution >= 0.6 is 0 Å². The molecule has 0 bridgehead atoms. The molecule has 0 aliphatic carbocycles. The normalized spacial score (nSPS) is 20.7. The van der Waals surface area contributed by atoms with E-state index in [0.29, 0.717) is 12.5 Å². The van der Waals surface area contributed by atoms with Crippen LogP contribution in [0.15, 0.2) is 24.3 Å². The number of likely N-dealkylation sites (N-methyl/N-ethyl adjacent to an activating group) is 1. The molecule has 4 heteroatoms. The van der Waals surface area contributed by atoms with Gasteiger partial charge < -0.3 is 19.5 Å². The van der Waals surface area contributed by atoms with Crippen molar-refractivity contribution in [2.45, 2.75) is 12.5 Å². The minimum absolute atomic E-state index is 0.484. The second-order valence-electron chi connectivity index (χ2n) is 5.24. The second-order valence-corrected chi connectivity index (χ2v) is 5.24. The zero-order valence-electron chi connectivity index (χ0n) is 11.7. The molecule has 0 saturated carbocycles. The van der Waals surface area contributed by atoms with Gasteiger partial charge in [-0.25, -0.2) is 0 Å². The fourth-order valence-electron chi connectivity index (χ4n) is 2.49. The second kappa shape index (κ2) is 6.89. The molecule has 1 saturated heterocycles. The van der Waals surface area contributed by atoms with Gasteiger partial charge in [0.05, 0.1) is 19.8 Å². The van der Waals surface area contributed by atoms with Crippen LogP contribution in [-0.2, 0) is 4.74 Å². The summed E-state index contributed by atoms with van der Waals surface area (Å²) in [5.41, 5.74) is 0.897. The lowest BCUT2D eigenvalue weighted by molar-refractivity contribution is 0.113. The molecular formula is C15H23NO3. The Bertz CT molecular complexity index is 391. The topological polar surface area (TPSA) is 41.9 Å². The summed E-state index contributed by atoms with van der Waals surface area (Å²) in [4.78, 5) is 2.17. The van der Waals surface area contributed by atoms with Crippen LogP contribution in [0.5, 0.6) is 5.75 Å². The predicted molar refractivity (Wildman–Crippen MR) is 74.4 cm³/mol. The molecule has 0 spiro atoms. The molecule has 1 aromatic rings. The standard InChI is InChI=1S/C15H23NO3/c1-16(9-12-6-7-19-11-12)10-15(17)13-4-3-5-14(8-13)18-2/h3-5,8,12,15,17H,6-7,9-11H2,1-2H3. The van der Waals surface area contributed by atoms with Crippen molar-refractivity contribution in [1.29, 1.82) is 0 Å². The number of nitrogens with zero attached hydrogens (tertiary/aromatic N) is 1. The van der Waals surface area contributed by atoms with E-state index >= 15 is 0 Å². The number of hydrogen-bond donors (Lipinski definition) is 1. The van der Waals surface area contributed by atoms with Gasteiger partial charge in [0.2, 0.25) is 0 Å². The largest absolute Gasteiger partial charge is 0.497 e. The Morgan fingerprint density at radius 1 is 1.53 bits per heavy atom. The Labute approximate surface area is 114 Å². The fourth-order valence-corrected chi connectivity index (χ4v) is 2.49. The molecule has 19 heavy (non-hydrogen) atoms. The monoisotopic (exact) mass is 265 g/mol. The third-order valence-electron chi connectivity index (χ3n) is 3.56. The van der Waals surface area contributed by atoms with Crippen molar-refractivity contribution in [2.75, 3.05) is 40.5 Å². The molecule has 1 N–H and O–H groups in total. The van der Waals surface area contributed by atoms with E-state index < -0.39 is 6.10 Å². The number of rotatable bonds is 6. The van der Waals surface area contributed by atoms with Crippen LogP contribution in [0.2, 0.25) is 0 Å². The molecule has 1 aromatic carbocycles. The Hall–Kier alpha value is -1.10. The maximum Gasteiger partial charge on any atom is 0.119 e. The van der Waals surface area contributed by atoms with E-state index in [1.807, 2.05) is 31.3 Å². The molecule has 4 nitrogen and oxygen atoms in total. The van der Waals surface area contributed by atoms with Gasteiger partial charge in [-0.3, -0.25) is 0 Å². The van der Waals surface area contributed by atoms with Crippen LogP contribution in [0.1, 0.15) is 18.1 Å². The molecule has 0 amide bonds. The molecule has 1 fully saturated rings. The Morgan fingerprint density at radius 2 is 2.37 bits per heavy atom. The van der Waals surface area contributed by atoms with Crippen molar-refractivity contribution >= 4 is 0 Å². The summed E-state index contributed by atoms with van der Waals surface area (Å²) in [5.74, 6) is 1.38. The summed E-state index contributed by atoms with van der Waals surface area (Å²) < 4.78 is 10.5. The van der Waals surface area contributed by atoms with Gasteiger partial charge in [0, 0.05) is 19.7 Å². The Balaban J connectivity index is 1.86. The highest BCUT2D eigenvalue weighted by molar-refractivity contribution is 5.29. The Kier molecular flexibility index (Phi) is 5.19. The van der Waals surface area contributed by atoms with Crippen molar-refractivity contribution in [2.24, 2.45) is 5.92 Å². The minimum Gasteiger partial charge on any atom is -0.497 e. The average molecular weight is 265 g/mol. The van der Waals surface area contributed by atoms with Crippen LogP contribution in [0.3, 0.4) is 0 Å². The van der Waals surface area contributed by atoms with E-state index in [1.54, 1.807) is 7.11 Å². The van der Waals surface area contributed by atoms with Crippen molar-refractivity contribution in [3.63, 3.8) is 0 Å². The average Bonchev–Trinajstić information content (AvgIpc) is 2.91. The van der Waals surface area contributed by atoms with Gasteiger partial charge in [-0.2, -0.15) is 0 Å². The first-order chi connectivity index (χ1) is 9.19. The van der Waals surface area contributed by atoms with Crippen molar-refractivity contribution < 1.29 is 14.6 Å². The number of ether oxygens (including phenoxy) is 2. The molecule has 2 atom stereocenters. The fraction of sp³-hybridized carbons (Fsp3) is 0.600. The first-order valence-electron chi connectivity index (χ1n) is 6.77. The van der Waals surface area contributed by atoms with Crippen LogP contribution in [-0.4, -0.2) is 50.5 Å². The molecule has 2 rings (SSSR count). The molecule has 0 radical (unpaired) electrons. The number of benzene rings is 1. The number of aliphatic hydroxyl groups is 1. The molecule has 2 unspecified atom stereocenters. The van der Waals surface area contributed by atoms with Crippen molar-refractivity contribution in [3.8, 4) is 5.75 Å². The van der Waals surface area contributed by atoms with E-state index in [1.165, 1.54) is 0 Å². The van der Waals surface area contributed by atoms with E-state index in [9.17, 15) is 5.11 Å². The first kappa shape index (κ1) is 14.3. The number of methoxy groups -OCH3 is 1. The number of aliphatic hydroxyl groups excluding tert-OH is 1. The molecule has 1 aliphatic rings. The van der Waals surface area contributed by atoms with Gasteiger partial charge in [0.15, 0.2) is 0 Å². The predicted octanol–water partition coefficient (Wildman–Crippen LogP) is 1.70. The summed E-state index contributed by atoms with van der Waals surface area (Å²) in [6.45, 7) is 3.32. The van der Waals surface area contributed by atoms with Gasteiger partial charge >= 0.3 is 0 Å². The highest BCUT2D eigenvalue weighted by atomic mass is 16.5. The highest BCUT2D eigenvalue weighted by Crippen LogP contribution is 2.20. The molecule has 1 aliphatic heterocycles. The summed E-state index contributed by atoms with van der Waals surface area (Å²) >= 11 is 0. The van der Waals surface area contributed by atoms with E-state index in [0.717, 1.165) is 37.5 Å². The lowest BCUT2D eigenvalue weighted by atomic mass is 10.1. The third kappa shape index (κ3) is 4.20. The summed E-state index contributed by atoms with van der Waals surface area (Å²) in [6, 6.07) is 7.61. The molecule has 1 heterocycles. The van der Waals surface area contributed by atoms with Gasteiger partial charge in [0.25, 0.3) is 0 Å². The van der Waals surface area contributed by atoms with Crippen molar-refractivity contribution in [1.82, 2.24) is 4.90 Å². The molecule has 0 aromatic heterocycles. The summed E-state index contributed by atoms with van der Waals surface area (Å²) in [7, 11) is 3.68. The van der Waals surface area contributed by atoms with Gasteiger partial charge in [0.1, 0.15) is 5.75 Å². The van der Waals surface area contributed by atoms with Gasteiger partial charge in [-0.05, 0) is 37.1 Å². The zero-order valence-corrected chi connectivity index (χ0v) is 11.7. The number of hydrogen-bond acceptors (Lipinski definition) is 4. The van der Waals surface area contributed by atoms with Gasteiger partial charge in [-0.1, -0.05) is 12.1 Å². The van der Waals surface area contributed by atoms with E-state index in [-0.39, 0.29) is 0 Å².